The summed E-state index contributed by atoms with van der Waals surface area (Å²) in [7, 11) is -3.79. The highest BCUT2D eigenvalue weighted by molar-refractivity contribution is 9.10. The Morgan fingerprint density at radius 3 is 2.78 bits per heavy atom. The molecule has 0 amide bonds. The quantitative estimate of drug-likeness (QED) is 0.881. The topological polar surface area (TPSA) is 91.9 Å². The molecule has 2 N–H and O–H groups in total. The van der Waals surface area contributed by atoms with Crippen LogP contribution in [0.4, 0.5) is 5.82 Å². The smallest absolute Gasteiger partial charge is 0.306 e. The normalized spacial score (nSPS) is 11.4. The standard InChI is InChI=1S/C9H8BrN3O3S2/c1-5-8(17-9(14)12-5)18(15,16)13-7-4-6(10)2-3-11-7/h2-4H,1H3,(H,11,13)(H,12,14). The summed E-state index contributed by atoms with van der Waals surface area (Å²) in [5, 5.41) is 0. The summed E-state index contributed by atoms with van der Waals surface area (Å²) in [6.45, 7) is 1.53. The second kappa shape index (κ2) is 4.82. The van der Waals surface area contributed by atoms with Gasteiger partial charge >= 0.3 is 4.87 Å². The number of nitrogens with zero attached hydrogens (tertiary/aromatic N) is 1. The van der Waals surface area contributed by atoms with Crippen molar-refractivity contribution < 1.29 is 8.42 Å². The molecule has 0 fully saturated rings. The number of aromatic amines is 1. The number of nitrogens with one attached hydrogen (secondary N) is 2. The number of hydrogen-bond acceptors (Lipinski definition) is 5. The number of aromatic nitrogens is 2. The zero-order valence-electron chi connectivity index (χ0n) is 9.10. The van der Waals surface area contributed by atoms with Crippen LogP contribution in [0.2, 0.25) is 0 Å². The van der Waals surface area contributed by atoms with Crippen LogP contribution in [0.3, 0.4) is 0 Å². The Morgan fingerprint density at radius 1 is 1.50 bits per heavy atom. The first-order valence-corrected chi connectivity index (χ1v) is 7.82. The summed E-state index contributed by atoms with van der Waals surface area (Å²) in [5.41, 5.74) is 0.312. The average molecular weight is 350 g/mol. The third kappa shape index (κ3) is 2.79. The molecule has 96 valence electrons. The summed E-state index contributed by atoms with van der Waals surface area (Å²) in [5.74, 6) is 0.185. The maximum absolute atomic E-state index is 12.0. The minimum absolute atomic E-state index is 0.0331. The summed E-state index contributed by atoms with van der Waals surface area (Å²) >= 11 is 3.86. The zero-order valence-corrected chi connectivity index (χ0v) is 12.3. The lowest BCUT2D eigenvalue weighted by Gasteiger charge is -2.05. The van der Waals surface area contributed by atoms with Gasteiger partial charge in [-0.05, 0) is 19.1 Å². The lowest BCUT2D eigenvalue weighted by Crippen LogP contribution is -2.13. The molecular weight excluding hydrogens is 342 g/mol. The Morgan fingerprint density at radius 2 is 2.22 bits per heavy atom. The number of aryl methyl sites for hydroxylation is 1. The third-order valence-electron chi connectivity index (χ3n) is 1.99. The van der Waals surface area contributed by atoms with Gasteiger partial charge in [0, 0.05) is 16.4 Å². The van der Waals surface area contributed by atoms with Crippen molar-refractivity contribution in [3.05, 3.63) is 38.2 Å². The van der Waals surface area contributed by atoms with Gasteiger partial charge in [0.2, 0.25) is 0 Å². The molecule has 0 bridgehead atoms. The maximum atomic E-state index is 12.0. The van der Waals surface area contributed by atoms with E-state index in [2.05, 4.69) is 30.6 Å². The van der Waals surface area contributed by atoms with Crippen molar-refractivity contribution in [1.82, 2.24) is 9.97 Å². The molecule has 18 heavy (non-hydrogen) atoms. The largest absolute Gasteiger partial charge is 0.315 e. The minimum Gasteiger partial charge on any atom is -0.315 e. The number of rotatable bonds is 3. The van der Waals surface area contributed by atoms with E-state index >= 15 is 0 Å². The fourth-order valence-corrected chi connectivity index (χ4v) is 3.93. The first-order chi connectivity index (χ1) is 8.38. The Balaban J connectivity index is 2.39. The number of halogens is 1. The van der Waals surface area contributed by atoms with Gasteiger partial charge in [-0.3, -0.25) is 9.52 Å². The average Bonchev–Trinajstić information content (AvgIpc) is 2.58. The van der Waals surface area contributed by atoms with Crippen molar-refractivity contribution in [3.63, 3.8) is 0 Å². The summed E-state index contributed by atoms with van der Waals surface area (Å²) < 4.78 is 27.0. The molecule has 0 unspecified atom stereocenters. The first-order valence-electron chi connectivity index (χ1n) is 4.72. The molecule has 2 aromatic heterocycles. The molecule has 0 radical (unpaired) electrons. The van der Waals surface area contributed by atoms with E-state index < -0.39 is 14.9 Å². The van der Waals surface area contributed by atoms with E-state index in [4.69, 9.17) is 0 Å². The highest BCUT2D eigenvalue weighted by Gasteiger charge is 2.21. The summed E-state index contributed by atoms with van der Waals surface area (Å²) in [6.07, 6.45) is 1.47. The van der Waals surface area contributed by atoms with Gasteiger partial charge < -0.3 is 4.98 Å². The van der Waals surface area contributed by atoms with Gasteiger partial charge in [-0.15, -0.1) is 0 Å². The number of thiazole rings is 1. The van der Waals surface area contributed by atoms with Crippen LogP contribution in [0.1, 0.15) is 5.69 Å². The van der Waals surface area contributed by atoms with Crippen molar-refractivity contribution in [3.8, 4) is 0 Å². The van der Waals surface area contributed by atoms with Crippen molar-refractivity contribution in [2.24, 2.45) is 0 Å². The molecule has 2 aromatic rings. The highest BCUT2D eigenvalue weighted by Crippen LogP contribution is 2.20. The second-order valence-electron chi connectivity index (χ2n) is 3.39. The molecule has 0 aliphatic carbocycles. The van der Waals surface area contributed by atoms with E-state index in [1.165, 1.54) is 19.2 Å². The lowest BCUT2D eigenvalue weighted by molar-refractivity contribution is 0.602. The van der Waals surface area contributed by atoms with Crippen molar-refractivity contribution in [2.75, 3.05) is 4.72 Å². The Bertz CT molecular complexity index is 736. The van der Waals surface area contributed by atoms with Crippen LogP contribution < -0.4 is 9.60 Å². The SMILES string of the molecule is Cc1[nH]c(=O)sc1S(=O)(=O)Nc1cc(Br)ccn1. The minimum atomic E-state index is -3.79. The molecule has 6 nitrogen and oxygen atoms in total. The third-order valence-corrected chi connectivity index (χ3v) is 5.44. The van der Waals surface area contributed by atoms with Crippen LogP contribution in [-0.4, -0.2) is 18.4 Å². The first kappa shape index (κ1) is 13.2. The fraction of sp³-hybridized carbons (Fsp3) is 0.111. The van der Waals surface area contributed by atoms with Crippen LogP contribution in [0.5, 0.6) is 0 Å². The lowest BCUT2D eigenvalue weighted by atomic mass is 10.5. The fourth-order valence-electron chi connectivity index (χ4n) is 1.29. The molecule has 2 rings (SSSR count). The van der Waals surface area contributed by atoms with Crippen LogP contribution in [0.15, 0.2) is 31.8 Å². The van der Waals surface area contributed by atoms with Gasteiger partial charge in [-0.2, -0.15) is 0 Å². The molecule has 0 spiro atoms. The van der Waals surface area contributed by atoms with Gasteiger partial charge in [-0.1, -0.05) is 27.3 Å². The number of hydrogen-bond donors (Lipinski definition) is 2. The van der Waals surface area contributed by atoms with Gasteiger partial charge in [0.1, 0.15) is 5.82 Å². The zero-order chi connectivity index (χ0) is 13.3. The summed E-state index contributed by atoms with van der Waals surface area (Å²) in [6, 6.07) is 3.21. The molecule has 0 saturated heterocycles. The van der Waals surface area contributed by atoms with Crippen molar-refractivity contribution in [2.45, 2.75) is 11.1 Å². The van der Waals surface area contributed by atoms with E-state index in [1.54, 1.807) is 6.07 Å². The van der Waals surface area contributed by atoms with Crippen LogP contribution in [0, 0.1) is 6.92 Å². The van der Waals surface area contributed by atoms with Gasteiger partial charge in [-0.25, -0.2) is 13.4 Å². The van der Waals surface area contributed by atoms with E-state index in [0.29, 0.717) is 21.5 Å². The van der Waals surface area contributed by atoms with Crippen molar-refractivity contribution >= 4 is 43.1 Å². The predicted octanol–water partition coefficient (Wildman–Crippen LogP) is 1.70. The molecule has 0 atom stereocenters. The molecule has 0 aliphatic heterocycles. The maximum Gasteiger partial charge on any atom is 0.306 e. The molecule has 2 heterocycles. The molecule has 9 heteroatoms. The van der Waals surface area contributed by atoms with Gasteiger partial charge in [0.05, 0.1) is 0 Å². The molecule has 0 aromatic carbocycles. The monoisotopic (exact) mass is 349 g/mol. The second-order valence-corrected chi connectivity index (χ2v) is 7.17. The van der Waals surface area contributed by atoms with Gasteiger partial charge in [0.25, 0.3) is 10.0 Å². The Kier molecular flexibility index (Phi) is 3.55. The van der Waals surface area contributed by atoms with E-state index in [1.807, 2.05) is 0 Å². The van der Waals surface area contributed by atoms with Crippen LogP contribution >= 0.6 is 27.3 Å². The molecule has 0 saturated carbocycles. The molecular formula is C9H8BrN3O3S2. The van der Waals surface area contributed by atoms with Gasteiger partial charge in [0.15, 0.2) is 4.21 Å². The molecule has 0 aliphatic rings. The predicted molar refractivity (Wildman–Crippen MR) is 72.4 cm³/mol. The number of sulfonamides is 1. The highest BCUT2D eigenvalue weighted by atomic mass is 79.9. The van der Waals surface area contributed by atoms with E-state index in [9.17, 15) is 13.2 Å². The van der Waals surface area contributed by atoms with Crippen molar-refractivity contribution in [1.29, 1.82) is 0 Å². The van der Waals surface area contributed by atoms with E-state index in [-0.39, 0.29) is 10.0 Å². The Hall–Kier alpha value is -1.19. The Labute approximate surface area is 115 Å². The number of pyridine rings is 1. The van der Waals surface area contributed by atoms with Crippen LogP contribution in [-0.2, 0) is 10.0 Å². The summed E-state index contributed by atoms with van der Waals surface area (Å²) in [4.78, 5) is 17.0. The number of H-pyrrole nitrogens is 1. The van der Waals surface area contributed by atoms with Crippen LogP contribution in [0.25, 0.3) is 0 Å². The van der Waals surface area contributed by atoms with E-state index in [0.717, 1.165) is 0 Å². The number of anilines is 1.